The smallest absolute Gasteiger partial charge is 0.307 e. The zero-order valence-electron chi connectivity index (χ0n) is 12.7. The van der Waals surface area contributed by atoms with Crippen LogP contribution >= 0.6 is 34.5 Å². The van der Waals surface area contributed by atoms with E-state index in [1.165, 1.54) is 0 Å². The fraction of sp³-hybridized carbons (Fsp3) is 0.0625. The van der Waals surface area contributed by atoms with E-state index in [-0.39, 0.29) is 10.8 Å². The maximum Gasteiger partial charge on any atom is 0.307 e. The molecule has 9 heteroatoms. The van der Waals surface area contributed by atoms with Crippen molar-refractivity contribution in [3.63, 3.8) is 0 Å². The SMILES string of the molecule is Cn1c(=Cc2sc(=O)[nH]c2O)ccc1=C1N=c2cc(Cl)c(Cl)cc2=N1. The van der Waals surface area contributed by atoms with Gasteiger partial charge in [-0.1, -0.05) is 34.5 Å². The molecular weight excluding hydrogens is 383 g/mol. The number of aromatic nitrogens is 2. The average Bonchev–Trinajstić information content (AvgIpc) is 3.19. The molecule has 0 radical (unpaired) electrons. The van der Waals surface area contributed by atoms with Gasteiger partial charge in [0.15, 0.2) is 5.82 Å². The van der Waals surface area contributed by atoms with E-state index in [1.807, 2.05) is 23.7 Å². The predicted octanol–water partition coefficient (Wildman–Crippen LogP) is 0.635. The van der Waals surface area contributed by atoms with Gasteiger partial charge in [-0.3, -0.25) is 9.78 Å². The van der Waals surface area contributed by atoms with Gasteiger partial charge in [0, 0.05) is 12.4 Å². The summed E-state index contributed by atoms with van der Waals surface area (Å²) < 4.78 is 1.88. The Morgan fingerprint density at radius 1 is 1.20 bits per heavy atom. The molecule has 2 aromatic heterocycles. The van der Waals surface area contributed by atoms with Gasteiger partial charge >= 0.3 is 4.87 Å². The quantitative estimate of drug-likeness (QED) is 0.636. The summed E-state index contributed by atoms with van der Waals surface area (Å²) >= 11 is 13.0. The summed E-state index contributed by atoms with van der Waals surface area (Å²) in [6, 6.07) is 7.09. The molecule has 1 aromatic carbocycles. The molecular formula is C16H10Cl2N4O2S. The Kier molecular flexibility index (Phi) is 3.79. The number of aromatic amines is 1. The Morgan fingerprint density at radius 2 is 1.84 bits per heavy atom. The second-order valence-corrected chi connectivity index (χ2v) is 7.21. The summed E-state index contributed by atoms with van der Waals surface area (Å²) in [6.45, 7) is 0. The summed E-state index contributed by atoms with van der Waals surface area (Å²) in [5, 5.41) is 13.5. The normalized spacial score (nSPS) is 13.7. The van der Waals surface area contributed by atoms with Crippen LogP contribution in [-0.2, 0) is 7.05 Å². The minimum absolute atomic E-state index is 0.141. The first-order chi connectivity index (χ1) is 11.9. The van der Waals surface area contributed by atoms with Crippen LogP contribution < -0.4 is 26.3 Å². The van der Waals surface area contributed by atoms with E-state index in [0.717, 1.165) is 22.0 Å². The molecule has 1 aliphatic rings. The van der Waals surface area contributed by atoms with Crippen molar-refractivity contribution in [3.8, 4) is 5.88 Å². The second-order valence-electron chi connectivity index (χ2n) is 5.38. The van der Waals surface area contributed by atoms with Crippen LogP contribution in [0.1, 0.15) is 4.88 Å². The lowest BCUT2D eigenvalue weighted by molar-refractivity contribution is 0.455. The minimum atomic E-state index is -0.308. The number of halogens is 2. The van der Waals surface area contributed by atoms with Gasteiger partial charge in [-0.25, -0.2) is 9.98 Å². The first-order valence-corrected chi connectivity index (χ1v) is 8.72. The standard InChI is InChI=1S/C16H10Cl2N4O2S/c1-22-7(4-13-15(23)21-16(24)25-13)2-3-12(22)14-19-10-5-8(17)9(18)6-11(10)20-14/h2-6,23H,1H3,(H,21,24). The van der Waals surface area contributed by atoms with Crippen molar-refractivity contribution in [1.29, 1.82) is 0 Å². The predicted molar refractivity (Wildman–Crippen MR) is 97.0 cm³/mol. The van der Waals surface area contributed by atoms with Gasteiger partial charge in [0.25, 0.3) is 0 Å². The lowest BCUT2D eigenvalue weighted by Gasteiger charge is -1.95. The summed E-state index contributed by atoms with van der Waals surface area (Å²) in [5.41, 5.74) is 0. The summed E-state index contributed by atoms with van der Waals surface area (Å²) in [4.78, 5) is 22.8. The highest BCUT2D eigenvalue weighted by Crippen LogP contribution is 2.18. The first kappa shape index (κ1) is 16.1. The molecule has 25 heavy (non-hydrogen) atoms. The van der Waals surface area contributed by atoms with Crippen LogP contribution in [0.15, 0.2) is 39.0 Å². The summed E-state index contributed by atoms with van der Waals surface area (Å²) in [5.74, 6) is 0.402. The highest BCUT2D eigenvalue weighted by Gasteiger charge is 2.09. The van der Waals surface area contributed by atoms with Crippen molar-refractivity contribution in [1.82, 2.24) is 9.55 Å². The molecule has 0 bridgehead atoms. The number of benzene rings is 1. The molecule has 0 unspecified atom stereocenters. The number of nitrogens with one attached hydrogen (secondary N) is 1. The lowest BCUT2D eigenvalue weighted by Crippen LogP contribution is -2.24. The number of hydrogen-bond donors (Lipinski definition) is 2. The monoisotopic (exact) mass is 392 g/mol. The van der Waals surface area contributed by atoms with E-state index in [4.69, 9.17) is 23.2 Å². The second kappa shape index (κ2) is 5.87. The van der Waals surface area contributed by atoms with E-state index in [9.17, 15) is 9.90 Å². The molecule has 0 spiro atoms. The van der Waals surface area contributed by atoms with Crippen LogP contribution in [-0.4, -0.2) is 14.7 Å². The van der Waals surface area contributed by atoms with E-state index < -0.39 is 0 Å². The van der Waals surface area contributed by atoms with Crippen LogP contribution in [0, 0.1) is 0 Å². The summed E-state index contributed by atoms with van der Waals surface area (Å²) in [7, 11) is 1.86. The van der Waals surface area contributed by atoms with Crippen molar-refractivity contribution >= 4 is 46.4 Å². The lowest BCUT2D eigenvalue weighted by atomic mass is 10.3. The van der Waals surface area contributed by atoms with Crippen LogP contribution in [0.4, 0.5) is 0 Å². The van der Waals surface area contributed by atoms with Gasteiger partial charge in [0.2, 0.25) is 5.88 Å². The van der Waals surface area contributed by atoms with Crippen molar-refractivity contribution in [3.05, 3.63) is 70.3 Å². The molecule has 0 atom stereocenters. The highest BCUT2D eigenvalue weighted by atomic mass is 35.5. The van der Waals surface area contributed by atoms with Gasteiger partial charge in [0.1, 0.15) is 0 Å². The topological polar surface area (TPSA) is 82.7 Å². The molecule has 6 nitrogen and oxygen atoms in total. The largest absolute Gasteiger partial charge is 0.493 e. The first-order valence-electron chi connectivity index (χ1n) is 7.15. The number of fused-ring (bicyclic) bond motifs is 1. The van der Waals surface area contributed by atoms with Crippen LogP contribution in [0.25, 0.3) is 11.9 Å². The third-order valence-corrected chi connectivity index (χ3v) is 5.34. The van der Waals surface area contributed by atoms with Crippen LogP contribution in [0.3, 0.4) is 0 Å². The summed E-state index contributed by atoms with van der Waals surface area (Å²) in [6.07, 6.45) is 1.72. The van der Waals surface area contributed by atoms with Gasteiger partial charge in [-0.05, 0) is 30.3 Å². The third-order valence-electron chi connectivity index (χ3n) is 3.80. The third kappa shape index (κ3) is 2.80. The molecule has 2 N–H and O–H groups in total. The number of aromatic hydroxyl groups is 1. The number of nitrogens with zero attached hydrogens (tertiary/aromatic N) is 3. The van der Waals surface area contributed by atoms with Gasteiger partial charge in [-0.15, -0.1) is 0 Å². The Hall–Kier alpha value is -2.35. The zero-order valence-corrected chi connectivity index (χ0v) is 15.1. The number of hydrogen-bond acceptors (Lipinski definition) is 5. The average molecular weight is 393 g/mol. The van der Waals surface area contributed by atoms with E-state index >= 15 is 0 Å². The number of rotatable bonds is 1. The molecule has 0 saturated carbocycles. The fourth-order valence-corrected chi connectivity index (χ4v) is 3.52. The van der Waals surface area contributed by atoms with Crippen molar-refractivity contribution in [2.75, 3.05) is 0 Å². The molecule has 0 fully saturated rings. The molecule has 0 amide bonds. The van der Waals surface area contributed by atoms with Crippen LogP contribution in [0.5, 0.6) is 5.88 Å². The minimum Gasteiger partial charge on any atom is -0.493 e. The van der Waals surface area contributed by atoms with E-state index in [1.54, 1.807) is 18.2 Å². The number of H-pyrrole nitrogens is 1. The van der Waals surface area contributed by atoms with Crippen LogP contribution in [0.2, 0.25) is 10.0 Å². The Labute approximate surface area is 154 Å². The van der Waals surface area contributed by atoms with Gasteiger partial charge in [-0.2, -0.15) is 0 Å². The Bertz CT molecular complexity index is 1270. The molecule has 0 saturated heterocycles. The molecule has 3 aromatic rings. The van der Waals surface area contributed by atoms with Crippen molar-refractivity contribution in [2.24, 2.45) is 17.0 Å². The van der Waals surface area contributed by atoms with Gasteiger partial charge in [0.05, 0.1) is 31.0 Å². The van der Waals surface area contributed by atoms with E-state index in [0.29, 0.717) is 31.5 Å². The fourth-order valence-electron chi connectivity index (χ4n) is 2.53. The molecule has 3 heterocycles. The maximum absolute atomic E-state index is 11.3. The molecule has 126 valence electrons. The maximum atomic E-state index is 11.3. The molecule has 4 rings (SSSR count). The van der Waals surface area contributed by atoms with Gasteiger partial charge < -0.3 is 9.67 Å². The van der Waals surface area contributed by atoms with Crippen molar-refractivity contribution in [2.45, 2.75) is 0 Å². The van der Waals surface area contributed by atoms with E-state index in [2.05, 4.69) is 15.0 Å². The Morgan fingerprint density at radius 3 is 2.40 bits per heavy atom. The Balaban J connectivity index is 1.93. The molecule has 0 aliphatic carbocycles. The van der Waals surface area contributed by atoms with Crippen molar-refractivity contribution < 1.29 is 5.11 Å². The molecule has 1 aliphatic heterocycles. The highest BCUT2D eigenvalue weighted by molar-refractivity contribution is 7.10. The zero-order chi connectivity index (χ0) is 17.7. The number of thiazole rings is 1.